The second kappa shape index (κ2) is 7.18. The van der Waals surface area contributed by atoms with E-state index in [0.29, 0.717) is 6.04 Å². The highest BCUT2D eigenvalue weighted by atomic mass is 16.2. The molecule has 3 rings (SSSR count). The Morgan fingerprint density at radius 3 is 2.67 bits per heavy atom. The number of likely N-dealkylation sites (tertiary alicyclic amines) is 1. The zero-order chi connectivity index (χ0) is 17.1. The monoisotopic (exact) mass is 326 g/mol. The van der Waals surface area contributed by atoms with Gasteiger partial charge in [0, 0.05) is 30.4 Å². The Morgan fingerprint density at radius 1 is 1.29 bits per heavy atom. The summed E-state index contributed by atoms with van der Waals surface area (Å²) in [5.41, 5.74) is 4.11. The van der Waals surface area contributed by atoms with Gasteiger partial charge in [0.25, 0.3) is 5.91 Å². The number of piperidine rings is 1. The first-order valence-corrected chi connectivity index (χ1v) is 8.63. The van der Waals surface area contributed by atoms with Gasteiger partial charge >= 0.3 is 0 Å². The summed E-state index contributed by atoms with van der Waals surface area (Å²) in [6.45, 7) is 6.45. The zero-order valence-corrected chi connectivity index (χ0v) is 14.7. The Bertz CT molecular complexity index is 705. The van der Waals surface area contributed by atoms with Crippen molar-refractivity contribution in [2.24, 2.45) is 0 Å². The number of benzene rings is 1. The summed E-state index contributed by atoms with van der Waals surface area (Å²) in [6, 6.07) is 10.4. The van der Waals surface area contributed by atoms with Crippen molar-refractivity contribution in [1.29, 1.82) is 0 Å². The Kier molecular flexibility index (Phi) is 5.00. The molecule has 1 aromatic heterocycles. The normalized spacial score (nSPS) is 18.0. The maximum atomic E-state index is 12.7. The van der Waals surface area contributed by atoms with Gasteiger partial charge < -0.3 is 10.2 Å². The molecule has 1 aromatic carbocycles. The molecule has 128 valence electrons. The van der Waals surface area contributed by atoms with E-state index >= 15 is 0 Å². The van der Waals surface area contributed by atoms with E-state index in [0.717, 1.165) is 55.0 Å². The maximum absolute atomic E-state index is 12.7. The van der Waals surface area contributed by atoms with Crippen LogP contribution in [0.1, 0.15) is 40.2 Å². The summed E-state index contributed by atoms with van der Waals surface area (Å²) in [6.07, 6.45) is 2.20. The lowest BCUT2D eigenvalue weighted by molar-refractivity contribution is 0.0698. The van der Waals surface area contributed by atoms with Gasteiger partial charge in [0.1, 0.15) is 0 Å². The van der Waals surface area contributed by atoms with Crippen LogP contribution >= 0.6 is 0 Å². The van der Waals surface area contributed by atoms with Gasteiger partial charge in [0.05, 0.1) is 12.2 Å². The van der Waals surface area contributed by atoms with Crippen molar-refractivity contribution in [2.75, 3.05) is 20.1 Å². The number of aryl methyl sites for hydroxylation is 2. The molecule has 0 bridgehead atoms. The van der Waals surface area contributed by atoms with Crippen LogP contribution in [0.5, 0.6) is 0 Å². The first-order valence-electron chi connectivity index (χ1n) is 8.63. The number of aromatic nitrogens is 2. The second-order valence-electron chi connectivity index (χ2n) is 6.66. The summed E-state index contributed by atoms with van der Waals surface area (Å²) in [5, 5.41) is 7.77. The molecule has 0 radical (unpaired) electrons. The molecule has 1 aliphatic heterocycles. The van der Waals surface area contributed by atoms with Gasteiger partial charge in [0.2, 0.25) is 0 Å². The van der Waals surface area contributed by atoms with Crippen molar-refractivity contribution in [3.8, 4) is 0 Å². The first-order chi connectivity index (χ1) is 11.6. The number of hydrogen-bond acceptors (Lipinski definition) is 3. The van der Waals surface area contributed by atoms with Crippen LogP contribution in [0.3, 0.4) is 0 Å². The minimum atomic E-state index is 0.132. The Morgan fingerprint density at radius 2 is 2.04 bits per heavy atom. The van der Waals surface area contributed by atoms with Crippen LogP contribution in [0, 0.1) is 13.8 Å². The van der Waals surface area contributed by atoms with Gasteiger partial charge in [-0.15, -0.1) is 0 Å². The molecule has 1 amide bonds. The zero-order valence-electron chi connectivity index (χ0n) is 14.7. The minimum Gasteiger partial charge on any atom is -0.337 e. The van der Waals surface area contributed by atoms with Crippen LogP contribution in [0.15, 0.2) is 30.3 Å². The van der Waals surface area contributed by atoms with E-state index < -0.39 is 0 Å². The summed E-state index contributed by atoms with van der Waals surface area (Å²) < 4.78 is 1.99. The fourth-order valence-corrected chi connectivity index (χ4v) is 3.34. The number of nitrogens with one attached hydrogen (secondary N) is 1. The van der Waals surface area contributed by atoms with E-state index in [9.17, 15) is 4.79 Å². The predicted molar refractivity (Wildman–Crippen MR) is 95.2 cm³/mol. The van der Waals surface area contributed by atoms with Crippen LogP contribution in [0.2, 0.25) is 0 Å². The summed E-state index contributed by atoms with van der Waals surface area (Å²) in [4.78, 5) is 14.6. The molecule has 0 unspecified atom stereocenters. The van der Waals surface area contributed by atoms with E-state index in [1.165, 1.54) is 0 Å². The van der Waals surface area contributed by atoms with Gasteiger partial charge in [0.15, 0.2) is 0 Å². The number of carbonyl (C=O) groups is 1. The molecular formula is C19H26N4O. The highest BCUT2D eigenvalue weighted by Crippen LogP contribution is 2.15. The molecule has 1 N–H and O–H groups in total. The maximum Gasteiger partial charge on any atom is 0.253 e. The fraction of sp³-hybridized carbons (Fsp3) is 0.474. The number of nitrogens with zero attached hydrogens (tertiary/aromatic N) is 3. The van der Waals surface area contributed by atoms with Crippen LogP contribution in [0.4, 0.5) is 0 Å². The molecule has 1 atom stereocenters. The van der Waals surface area contributed by atoms with E-state index in [4.69, 9.17) is 0 Å². The summed E-state index contributed by atoms with van der Waals surface area (Å²) in [5.74, 6) is 0.132. The number of hydrogen-bond donors (Lipinski definition) is 1. The van der Waals surface area contributed by atoms with Crippen LogP contribution in [-0.4, -0.2) is 46.8 Å². The van der Waals surface area contributed by atoms with Crippen LogP contribution in [-0.2, 0) is 6.54 Å². The predicted octanol–water partition coefficient (Wildman–Crippen LogP) is 2.37. The van der Waals surface area contributed by atoms with Gasteiger partial charge in [-0.05, 0) is 57.5 Å². The van der Waals surface area contributed by atoms with E-state index in [-0.39, 0.29) is 5.91 Å². The first kappa shape index (κ1) is 16.7. The topological polar surface area (TPSA) is 50.2 Å². The average molecular weight is 326 g/mol. The highest BCUT2D eigenvalue weighted by Gasteiger charge is 2.23. The van der Waals surface area contributed by atoms with Crippen molar-refractivity contribution in [3.63, 3.8) is 0 Å². The van der Waals surface area contributed by atoms with Gasteiger partial charge in [-0.2, -0.15) is 5.10 Å². The van der Waals surface area contributed by atoms with Crippen LogP contribution < -0.4 is 5.32 Å². The second-order valence-corrected chi connectivity index (χ2v) is 6.66. The SMILES string of the molecule is CN[C@@H]1CCCN(C(=O)c2ccc(Cn3nc(C)cc3C)cc2)C1. The molecule has 2 heterocycles. The van der Waals surface area contributed by atoms with E-state index in [1.54, 1.807) is 0 Å². The molecule has 1 saturated heterocycles. The molecular weight excluding hydrogens is 300 g/mol. The van der Waals surface area contributed by atoms with Crippen LogP contribution in [0.25, 0.3) is 0 Å². The number of amides is 1. The lowest BCUT2D eigenvalue weighted by atomic mass is 10.0. The molecule has 0 saturated carbocycles. The van der Waals surface area contributed by atoms with Crippen molar-refractivity contribution in [1.82, 2.24) is 20.0 Å². The van der Waals surface area contributed by atoms with Crippen molar-refractivity contribution >= 4 is 5.91 Å². The van der Waals surface area contributed by atoms with E-state index in [2.05, 4.69) is 23.4 Å². The van der Waals surface area contributed by atoms with Crippen molar-refractivity contribution in [2.45, 2.75) is 39.3 Å². The molecule has 1 fully saturated rings. The smallest absolute Gasteiger partial charge is 0.253 e. The van der Waals surface area contributed by atoms with Gasteiger partial charge in [-0.3, -0.25) is 9.48 Å². The quantitative estimate of drug-likeness (QED) is 0.938. The minimum absolute atomic E-state index is 0.132. The molecule has 2 aromatic rings. The van der Waals surface area contributed by atoms with Crippen molar-refractivity contribution in [3.05, 3.63) is 52.8 Å². The average Bonchev–Trinajstić information content (AvgIpc) is 2.92. The molecule has 0 spiro atoms. The number of carbonyl (C=O) groups excluding carboxylic acids is 1. The van der Waals surface area contributed by atoms with Crippen molar-refractivity contribution < 1.29 is 4.79 Å². The summed E-state index contributed by atoms with van der Waals surface area (Å²) >= 11 is 0. The Labute approximate surface area is 143 Å². The Hall–Kier alpha value is -2.14. The largest absolute Gasteiger partial charge is 0.337 e. The fourth-order valence-electron chi connectivity index (χ4n) is 3.34. The number of rotatable bonds is 4. The Balaban J connectivity index is 1.67. The van der Waals surface area contributed by atoms with Gasteiger partial charge in [-0.1, -0.05) is 12.1 Å². The summed E-state index contributed by atoms with van der Waals surface area (Å²) in [7, 11) is 1.96. The molecule has 0 aliphatic carbocycles. The molecule has 24 heavy (non-hydrogen) atoms. The van der Waals surface area contributed by atoms with Gasteiger partial charge in [-0.25, -0.2) is 0 Å². The number of likely N-dealkylation sites (N-methyl/N-ethyl adjacent to an activating group) is 1. The lowest BCUT2D eigenvalue weighted by Gasteiger charge is -2.32. The lowest BCUT2D eigenvalue weighted by Crippen LogP contribution is -2.46. The molecule has 1 aliphatic rings. The van der Waals surface area contributed by atoms with E-state index in [1.807, 2.05) is 47.8 Å². The highest BCUT2D eigenvalue weighted by molar-refractivity contribution is 5.94. The molecule has 5 heteroatoms. The third-order valence-corrected chi connectivity index (χ3v) is 4.75. The third-order valence-electron chi connectivity index (χ3n) is 4.75. The molecule has 5 nitrogen and oxygen atoms in total. The third kappa shape index (κ3) is 3.67. The standard InChI is InChI=1S/C19H26N4O/c1-14-11-15(2)23(21-14)12-16-6-8-17(9-7-16)19(24)22-10-4-5-18(13-22)20-3/h6-9,11,18,20H,4-5,10,12-13H2,1-3H3/t18-/m1/s1.